The Balaban J connectivity index is 1.55. The highest BCUT2D eigenvalue weighted by molar-refractivity contribution is 5.84. The minimum Gasteiger partial charge on any atom is -0.482 e. The highest BCUT2D eigenvalue weighted by Crippen LogP contribution is 2.49. The molecular formula is C28H38N2O3. The first-order chi connectivity index (χ1) is 16.0. The summed E-state index contributed by atoms with van der Waals surface area (Å²) in [7, 11) is 0. The molecule has 1 aromatic heterocycles. The number of carbonyl (C=O) groups is 1. The number of pyridine rings is 1. The molecule has 0 spiro atoms. The second kappa shape index (κ2) is 10.7. The summed E-state index contributed by atoms with van der Waals surface area (Å²) < 4.78 is 12.5. The molecule has 0 N–H and O–H groups in total. The first kappa shape index (κ1) is 23.7. The summed E-state index contributed by atoms with van der Waals surface area (Å²) in [6, 6.07) is 6.16. The third kappa shape index (κ3) is 5.75. The lowest BCUT2D eigenvalue weighted by Crippen LogP contribution is -2.31. The summed E-state index contributed by atoms with van der Waals surface area (Å²) >= 11 is 0. The highest BCUT2D eigenvalue weighted by Gasteiger charge is 2.35. The molecule has 3 heterocycles. The van der Waals surface area contributed by atoms with Crippen molar-refractivity contribution in [2.24, 2.45) is 0 Å². The predicted octanol–water partition coefficient (Wildman–Crippen LogP) is 6.28. The first-order valence-electron chi connectivity index (χ1n) is 12.7. The number of hydrogen-bond acceptors (Lipinski definition) is 5. The molecule has 5 nitrogen and oxygen atoms in total. The molecule has 0 atom stereocenters. The maximum absolute atomic E-state index is 12.9. The van der Waals surface area contributed by atoms with Crippen LogP contribution in [0.5, 0.6) is 11.5 Å². The van der Waals surface area contributed by atoms with E-state index in [-0.39, 0.29) is 5.97 Å². The molecule has 0 aliphatic carbocycles. The van der Waals surface area contributed by atoms with E-state index in [1.807, 2.05) is 18.3 Å². The van der Waals surface area contributed by atoms with Crippen molar-refractivity contribution in [2.75, 3.05) is 19.6 Å². The van der Waals surface area contributed by atoms with E-state index in [1.54, 1.807) is 6.20 Å². The van der Waals surface area contributed by atoms with E-state index in [0.717, 1.165) is 66.9 Å². The van der Waals surface area contributed by atoms with Crippen molar-refractivity contribution in [3.8, 4) is 22.6 Å². The number of ether oxygens (including phenoxy) is 2. The lowest BCUT2D eigenvalue weighted by molar-refractivity contribution is -0.134. The van der Waals surface area contributed by atoms with Gasteiger partial charge in [0.1, 0.15) is 17.1 Å². The zero-order chi connectivity index (χ0) is 23.3. The fraction of sp³-hybridized carbons (Fsp3) is 0.571. The monoisotopic (exact) mass is 450 g/mol. The molecular weight excluding hydrogens is 412 g/mol. The molecule has 178 valence electrons. The summed E-state index contributed by atoms with van der Waals surface area (Å²) in [5.41, 5.74) is 3.58. The van der Waals surface area contributed by atoms with Crippen LogP contribution in [0, 0.1) is 0 Å². The van der Waals surface area contributed by atoms with Gasteiger partial charge < -0.3 is 14.4 Å². The standard InChI is InChI=1S/C28H38N2O3/c1-4-5-7-11-21-18-24(32-26(31)12-10-17-30-15-8-6-9-16-30)27-22-20-29-14-13-23(22)28(2,3)33-25(27)19-21/h13-14,18-20H,4-12,15-17H2,1-3H3. The molecule has 2 aliphatic heterocycles. The van der Waals surface area contributed by atoms with E-state index < -0.39 is 5.60 Å². The van der Waals surface area contributed by atoms with Crippen LogP contribution < -0.4 is 9.47 Å². The summed E-state index contributed by atoms with van der Waals surface area (Å²) in [4.78, 5) is 19.7. The van der Waals surface area contributed by atoms with E-state index in [0.29, 0.717) is 12.2 Å². The average Bonchev–Trinajstić information content (AvgIpc) is 2.79. The number of piperidine rings is 1. The van der Waals surface area contributed by atoms with Gasteiger partial charge in [0.25, 0.3) is 0 Å². The molecule has 0 saturated carbocycles. The smallest absolute Gasteiger partial charge is 0.311 e. The number of rotatable bonds is 9. The molecule has 2 aliphatic rings. The summed E-state index contributed by atoms with van der Waals surface area (Å²) in [6.07, 6.45) is 13.2. The predicted molar refractivity (Wildman–Crippen MR) is 132 cm³/mol. The van der Waals surface area contributed by atoms with E-state index in [1.165, 1.54) is 32.1 Å². The van der Waals surface area contributed by atoms with E-state index in [9.17, 15) is 4.79 Å². The zero-order valence-electron chi connectivity index (χ0n) is 20.5. The van der Waals surface area contributed by atoms with Gasteiger partial charge in [-0.1, -0.05) is 26.2 Å². The Hall–Kier alpha value is -2.40. The number of carbonyl (C=O) groups excluding carboxylic acids is 1. The summed E-state index contributed by atoms with van der Waals surface area (Å²) in [5, 5.41) is 0. The Kier molecular flexibility index (Phi) is 7.69. The Morgan fingerprint density at radius 1 is 1.15 bits per heavy atom. The van der Waals surface area contributed by atoms with E-state index in [4.69, 9.17) is 9.47 Å². The number of aromatic nitrogens is 1. The van der Waals surface area contributed by atoms with Crippen LogP contribution in [0.1, 0.15) is 83.3 Å². The van der Waals surface area contributed by atoms with Crippen molar-refractivity contribution in [1.82, 2.24) is 9.88 Å². The number of nitrogens with zero attached hydrogens (tertiary/aromatic N) is 2. The minimum absolute atomic E-state index is 0.171. The second-order valence-electron chi connectivity index (χ2n) is 9.94. The lowest BCUT2D eigenvalue weighted by Gasteiger charge is -2.35. The number of aryl methyl sites for hydroxylation is 1. The third-order valence-electron chi connectivity index (χ3n) is 6.83. The maximum atomic E-state index is 12.9. The van der Waals surface area contributed by atoms with Crippen molar-refractivity contribution in [3.63, 3.8) is 0 Å². The molecule has 0 bridgehead atoms. The second-order valence-corrected chi connectivity index (χ2v) is 9.94. The van der Waals surface area contributed by atoms with Crippen LogP contribution in [0.25, 0.3) is 11.1 Å². The van der Waals surface area contributed by atoms with Crippen LogP contribution >= 0.6 is 0 Å². The molecule has 1 saturated heterocycles. The number of unbranched alkanes of at least 4 members (excludes halogenated alkanes) is 2. The van der Waals surface area contributed by atoms with Gasteiger partial charge in [-0.05, 0) is 89.3 Å². The van der Waals surface area contributed by atoms with Gasteiger partial charge >= 0.3 is 5.97 Å². The van der Waals surface area contributed by atoms with Gasteiger partial charge in [-0.2, -0.15) is 0 Å². The minimum atomic E-state index is -0.469. The SMILES string of the molecule is CCCCCc1cc(OC(=O)CCCN2CCCCC2)c2c(c1)OC(C)(C)c1ccncc1-2. The Labute approximate surface area is 198 Å². The Morgan fingerprint density at radius 2 is 1.97 bits per heavy atom. The van der Waals surface area contributed by atoms with Gasteiger partial charge in [0.05, 0.1) is 5.56 Å². The summed E-state index contributed by atoms with van der Waals surface area (Å²) in [5.74, 6) is 1.22. The zero-order valence-corrected chi connectivity index (χ0v) is 20.5. The number of hydrogen-bond donors (Lipinski definition) is 0. The average molecular weight is 451 g/mol. The number of likely N-dealkylation sites (tertiary alicyclic amines) is 1. The largest absolute Gasteiger partial charge is 0.482 e. The molecule has 0 radical (unpaired) electrons. The van der Waals surface area contributed by atoms with E-state index >= 15 is 0 Å². The molecule has 5 heteroatoms. The van der Waals surface area contributed by atoms with Gasteiger partial charge in [-0.15, -0.1) is 0 Å². The van der Waals surface area contributed by atoms with Gasteiger partial charge in [-0.25, -0.2) is 0 Å². The molecule has 0 unspecified atom stereocenters. The molecule has 0 amide bonds. The molecule has 33 heavy (non-hydrogen) atoms. The van der Waals surface area contributed by atoms with Crippen LogP contribution in [0.2, 0.25) is 0 Å². The Bertz CT molecular complexity index is 964. The van der Waals surface area contributed by atoms with Crippen LogP contribution in [0.3, 0.4) is 0 Å². The van der Waals surface area contributed by atoms with Crippen molar-refractivity contribution in [1.29, 1.82) is 0 Å². The fourth-order valence-electron chi connectivity index (χ4n) is 5.05. The topological polar surface area (TPSA) is 51.7 Å². The van der Waals surface area contributed by atoms with Gasteiger partial charge in [-0.3, -0.25) is 9.78 Å². The highest BCUT2D eigenvalue weighted by atomic mass is 16.5. The van der Waals surface area contributed by atoms with Crippen molar-refractivity contribution in [2.45, 2.75) is 84.2 Å². The molecule has 4 rings (SSSR count). The summed E-state index contributed by atoms with van der Waals surface area (Å²) in [6.45, 7) is 9.63. The number of fused-ring (bicyclic) bond motifs is 3. The molecule has 1 fully saturated rings. The normalized spacial score (nSPS) is 17.1. The Morgan fingerprint density at radius 3 is 2.76 bits per heavy atom. The van der Waals surface area contributed by atoms with Crippen molar-refractivity contribution in [3.05, 3.63) is 41.7 Å². The van der Waals surface area contributed by atoms with Crippen LogP contribution in [-0.2, 0) is 16.8 Å². The maximum Gasteiger partial charge on any atom is 0.311 e. The van der Waals surface area contributed by atoms with Gasteiger partial charge in [0.15, 0.2) is 0 Å². The number of esters is 1. The third-order valence-corrected chi connectivity index (χ3v) is 6.83. The van der Waals surface area contributed by atoms with Crippen molar-refractivity contribution < 1.29 is 14.3 Å². The quantitative estimate of drug-likeness (QED) is 0.256. The number of benzene rings is 1. The molecule has 1 aromatic carbocycles. The molecule has 2 aromatic rings. The van der Waals surface area contributed by atoms with Crippen LogP contribution in [0.15, 0.2) is 30.6 Å². The van der Waals surface area contributed by atoms with Gasteiger partial charge in [0.2, 0.25) is 0 Å². The van der Waals surface area contributed by atoms with Crippen LogP contribution in [-0.4, -0.2) is 35.5 Å². The fourth-order valence-corrected chi connectivity index (χ4v) is 5.05. The first-order valence-corrected chi connectivity index (χ1v) is 12.7. The van der Waals surface area contributed by atoms with Crippen LogP contribution in [0.4, 0.5) is 0 Å². The van der Waals surface area contributed by atoms with E-state index in [2.05, 4.69) is 36.7 Å². The van der Waals surface area contributed by atoms with Gasteiger partial charge in [0, 0.05) is 29.9 Å². The lowest BCUT2D eigenvalue weighted by atomic mass is 9.86. The van der Waals surface area contributed by atoms with Crippen molar-refractivity contribution >= 4 is 5.97 Å².